The molecule has 2 N–H and O–H groups in total. The zero-order valence-electron chi connectivity index (χ0n) is 13.9. The van der Waals surface area contributed by atoms with Gasteiger partial charge in [0.15, 0.2) is 0 Å². The highest BCUT2D eigenvalue weighted by atomic mass is 16.3. The van der Waals surface area contributed by atoms with Gasteiger partial charge in [-0.3, -0.25) is 0 Å². The molecule has 0 saturated heterocycles. The summed E-state index contributed by atoms with van der Waals surface area (Å²) in [5, 5.41) is 14.5. The molecule has 4 aliphatic rings. The third-order valence-corrected chi connectivity index (χ3v) is 6.32. The van der Waals surface area contributed by atoms with Crippen LogP contribution in [-0.2, 0) is 0 Å². The summed E-state index contributed by atoms with van der Waals surface area (Å²) < 4.78 is 0. The van der Waals surface area contributed by atoms with E-state index in [1.165, 1.54) is 19.3 Å². The molecule has 4 bridgehead atoms. The summed E-state index contributed by atoms with van der Waals surface area (Å²) in [5.41, 5.74) is 1.83. The van der Waals surface area contributed by atoms with Gasteiger partial charge in [-0.05, 0) is 82.6 Å². The van der Waals surface area contributed by atoms with E-state index < -0.39 is 5.60 Å². The van der Waals surface area contributed by atoms with E-state index >= 15 is 0 Å². The van der Waals surface area contributed by atoms with E-state index in [1.807, 2.05) is 19.9 Å². The van der Waals surface area contributed by atoms with Gasteiger partial charge in [-0.15, -0.1) is 0 Å². The molecule has 4 nitrogen and oxygen atoms in total. The highest BCUT2D eigenvalue weighted by Crippen LogP contribution is 2.62. The van der Waals surface area contributed by atoms with Gasteiger partial charge >= 0.3 is 0 Å². The Morgan fingerprint density at radius 2 is 1.73 bits per heavy atom. The van der Waals surface area contributed by atoms with Crippen molar-refractivity contribution in [3.05, 3.63) is 17.5 Å². The fraction of sp³-hybridized carbons (Fsp3) is 0.778. The predicted molar refractivity (Wildman–Crippen MR) is 86.7 cm³/mol. The maximum atomic E-state index is 10.9. The van der Waals surface area contributed by atoms with Crippen molar-refractivity contribution in [1.82, 2.24) is 9.97 Å². The van der Waals surface area contributed by atoms with Crippen molar-refractivity contribution in [2.45, 2.75) is 70.9 Å². The Bertz CT molecular complexity index is 566. The molecule has 0 amide bonds. The number of nitrogens with one attached hydrogen (secondary N) is 1. The van der Waals surface area contributed by atoms with Gasteiger partial charge in [-0.25, -0.2) is 9.97 Å². The fourth-order valence-corrected chi connectivity index (χ4v) is 5.93. The van der Waals surface area contributed by atoms with E-state index in [1.54, 1.807) is 0 Å². The van der Waals surface area contributed by atoms with E-state index in [9.17, 15) is 5.11 Å². The number of anilines is 1. The minimum atomic E-state index is -0.399. The first kappa shape index (κ1) is 14.4. The lowest BCUT2D eigenvalue weighted by molar-refractivity contribution is -0.167. The Kier molecular flexibility index (Phi) is 3.06. The molecule has 22 heavy (non-hydrogen) atoms. The van der Waals surface area contributed by atoms with Crippen LogP contribution < -0.4 is 5.32 Å². The van der Waals surface area contributed by atoms with Crippen molar-refractivity contribution in [3.63, 3.8) is 0 Å². The minimum absolute atomic E-state index is 0.222. The van der Waals surface area contributed by atoms with Crippen LogP contribution in [0.4, 0.5) is 5.95 Å². The molecule has 1 aromatic rings. The summed E-state index contributed by atoms with van der Waals surface area (Å²) in [6, 6.07) is 2.31. The Labute approximate surface area is 132 Å². The molecule has 4 fully saturated rings. The highest BCUT2D eigenvalue weighted by Gasteiger charge is 2.58. The molecule has 120 valence electrons. The molecular formula is C18H27N3O. The summed E-state index contributed by atoms with van der Waals surface area (Å²) in [6.45, 7) is 6.29. The van der Waals surface area contributed by atoms with Crippen LogP contribution in [0, 0.1) is 31.1 Å². The first-order chi connectivity index (χ1) is 10.4. The van der Waals surface area contributed by atoms with Crippen molar-refractivity contribution in [2.75, 3.05) is 5.32 Å². The molecule has 0 aromatic carbocycles. The maximum Gasteiger partial charge on any atom is 0.223 e. The van der Waals surface area contributed by atoms with E-state index in [4.69, 9.17) is 0 Å². The molecule has 4 aliphatic carbocycles. The number of nitrogens with zero attached hydrogens (tertiary/aromatic N) is 2. The van der Waals surface area contributed by atoms with E-state index in [0.717, 1.165) is 48.4 Å². The van der Waals surface area contributed by atoms with Crippen LogP contribution in [0.15, 0.2) is 6.07 Å². The van der Waals surface area contributed by atoms with Crippen LogP contribution in [0.3, 0.4) is 0 Å². The molecule has 5 atom stereocenters. The summed E-state index contributed by atoms with van der Waals surface area (Å²) in [6.07, 6.45) is 6.84. The average molecular weight is 301 g/mol. The Morgan fingerprint density at radius 1 is 1.14 bits per heavy atom. The molecule has 4 heteroatoms. The largest absolute Gasteiger partial charge is 0.390 e. The molecule has 2 unspecified atom stereocenters. The zero-order chi connectivity index (χ0) is 15.5. The summed E-state index contributed by atoms with van der Waals surface area (Å²) in [7, 11) is 0. The highest BCUT2D eigenvalue weighted by molar-refractivity contribution is 5.30. The van der Waals surface area contributed by atoms with Crippen molar-refractivity contribution in [3.8, 4) is 0 Å². The zero-order valence-corrected chi connectivity index (χ0v) is 13.9. The maximum absolute atomic E-state index is 10.9. The van der Waals surface area contributed by atoms with Crippen molar-refractivity contribution >= 4 is 5.95 Å². The number of aryl methyl sites for hydroxylation is 2. The standard InChI is InChI=1S/C18H27N3O/c1-11-4-12(2)20-16(19-11)21-13(3)17-6-14-5-15(7-17)9-18(22,8-14)10-17/h4,13-15,22H,5-10H2,1-3H3,(H,19,20,21)/t13-,14-,15+,17?,18?/m0/s1. The van der Waals surface area contributed by atoms with Crippen LogP contribution in [0.1, 0.15) is 56.8 Å². The van der Waals surface area contributed by atoms with Crippen molar-refractivity contribution in [1.29, 1.82) is 0 Å². The van der Waals surface area contributed by atoms with Gasteiger partial charge in [0, 0.05) is 17.4 Å². The van der Waals surface area contributed by atoms with Crippen molar-refractivity contribution < 1.29 is 5.11 Å². The van der Waals surface area contributed by atoms with Gasteiger partial charge < -0.3 is 10.4 Å². The van der Waals surface area contributed by atoms with E-state index in [0.29, 0.717) is 6.04 Å². The van der Waals surface area contributed by atoms with Gasteiger partial charge in [0.25, 0.3) is 0 Å². The first-order valence-corrected chi connectivity index (χ1v) is 8.67. The van der Waals surface area contributed by atoms with Gasteiger partial charge in [0.05, 0.1) is 5.60 Å². The van der Waals surface area contributed by atoms with Gasteiger partial charge in [0.2, 0.25) is 5.95 Å². The van der Waals surface area contributed by atoms with Crippen molar-refractivity contribution in [2.24, 2.45) is 17.3 Å². The number of hydrogen-bond donors (Lipinski definition) is 2. The monoisotopic (exact) mass is 301 g/mol. The number of aliphatic hydroxyl groups is 1. The Balaban J connectivity index is 1.58. The second kappa shape index (κ2) is 4.67. The molecular weight excluding hydrogens is 274 g/mol. The minimum Gasteiger partial charge on any atom is -0.390 e. The second-order valence-corrected chi connectivity index (χ2v) is 8.39. The lowest BCUT2D eigenvalue weighted by Gasteiger charge is -2.62. The molecule has 1 aromatic heterocycles. The Hall–Kier alpha value is -1.16. The molecule has 0 radical (unpaired) electrons. The van der Waals surface area contributed by atoms with Gasteiger partial charge in [0.1, 0.15) is 0 Å². The fourth-order valence-electron chi connectivity index (χ4n) is 5.93. The summed E-state index contributed by atoms with van der Waals surface area (Å²) in [4.78, 5) is 9.07. The quantitative estimate of drug-likeness (QED) is 0.900. The lowest BCUT2D eigenvalue weighted by Crippen LogP contribution is -2.60. The van der Waals surface area contributed by atoms with E-state index in [2.05, 4.69) is 22.2 Å². The van der Waals surface area contributed by atoms with Crippen LogP contribution in [0.25, 0.3) is 0 Å². The van der Waals surface area contributed by atoms with Gasteiger partial charge in [-0.1, -0.05) is 0 Å². The third-order valence-electron chi connectivity index (χ3n) is 6.32. The molecule has 4 saturated carbocycles. The molecule has 1 heterocycles. The Morgan fingerprint density at radius 3 is 2.27 bits per heavy atom. The first-order valence-electron chi connectivity index (χ1n) is 8.67. The molecule has 0 spiro atoms. The van der Waals surface area contributed by atoms with E-state index in [-0.39, 0.29) is 5.41 Å². The summed E-state index contributed by atoms with van der Waals surface area (Å²) >= 11 is 0. The normalized spacial score (nSPS) is 40.7. The molecule has 5 rings (SSSR count). The third kappa shape index (κ3) is 2.32. The smallest absolute Gasteiger partial charge is 0.223 e. The second-order valence-electron chi connectivity index (χ2n) is 8.39. The number of hydrogen-bond acceptors (Lipinski definition) is 4. The summed E-state index contributed by atoms with van der Waals surface area (Å²) in [5.74, 6) is 2.18. The van der Waals surface area contributed by atoms with Gasteiger partial charge in [-0.2, -0.15) is 0 Å². The van der Waals surface area contributed by atoms with Crippen LogP contribution in [0.5, 0.6) is 0 Å². The number of aromatic nitrogens is 2. The molecule has 0 aliphatic heterocycles. The van der Waals surface area contributed by atoms with Crippen LogP contribution >= 0.6 is 0 Å². The van der Waals surface area contributed by atoms with Crippen LogP contribution in [0.2, 0.25) is 0 Å². The SMILES string of the molecule is Cc1cc(C)nc(N[C@@H](C)C23C[C@@H]4C[C@@H](CC(O)(C4)C2)C3)n1. The lowest BCUT2D eigenvalue weighted by atomic mass is 9.46. The average Bonchev–Trinajstić information content (AvgIpc) is 2.34. The van der Waals surface area contributed by atoms with Crippen LogP contribution in [-0.4, -0.2) is 26.7 Å². The predicted octanol–water partition coefficient (Wildman–Crippen LogP) is 3.23. The number of rotatable bonds is 3. The topological polar surface area (TPSA) is 58.0 Å².